The summed E-state index contributed by atoms with van der Waals surface area (Å²) in [6.07, 6.45) is 5.09. The fraction of sp³-hybridized carbons (Fsp3) is 0.778. The highest BCUT2D eigenvalue weighted by Gasteiger charge is 2.35. The Kier molecular flexibility index (Phi) is 3.50. The van der Waals surface area contributed by atoms with Crippen molar-refractivity contribution in [3.8, 4) is 0 Å². The molecule has 1 heterocycles. The van der Waals surface area contributed by atoms with E-state index in [0.29, 0.717) is 11.7 Å². The van der Waals surface area contributed by atoms with Crippen LogP contribution in [0.3, 0.4) is 0 Å². The summed E-state index contributed by atoms with van der Waals surface area (Å²) >= 11 is 0. The van der Waals surface area contributed by atoms with E-state index in [0.717, 1.165) is 19.3 Å². The Bertz CT molecular complexity index is 294. The predicted octanol–water partition coefficient (Wildman–Crippen LogP) is 1.78. The van der Waals surface area contributed by atoms with E-state index in [1.807, 2.05) is 6.92 Å². The molecule has 0 saturated heterocycles. The van der Waals surface area contributed by atoms with Crippen LogP contribution in [0.5, 0.6) is 0 Å². The molecule has 1 fully saturated rings. The molecule has 4 nitrogen and oxygen atoms in total. The molecule has 0 aromatic carbocycles. The molecule has 0 amide bonds. The molecule has 5 heteroatoms. The minimum Gasteiger partial charge on any atom is -0.339 e. The molecule has 1 saturated carbocycles. The van der Waals surface area contributed by atoms with Gasteiger partial charge in [0.05, 0.1) is 5.54 Å². The molecule has 0 bridgehead atoms. The number of halogens is 1. The molecule has 1 aromatic heterocycles. The maximum atomic E-state index is 6.16. The number of aromatic nitrogens is 2. The molecule has 0 aliphatic heterocycles. The summed E-state index contributed by atoms with van der Waals surface area (Å²) in [6, 6.07) is 0. The summed E-state index contributed by atoms with van der Waals surface area (Å²) in [6.45, 7) is 2.00. The lowest BCUT2D eigenvalue weighted by Crippen LogP contribution is -2.34. The van der Waals surface area contributed by atoms with Crippen molar-refractivity contribution < 1.29 is 4.52 Å². The first-order chi connectivity index (χ1) is 6.24. The van der Waals surface area contributed by atoms with Crippen LogP contribution in [-0.4, -0.2) is 10.1 Å². The highest BCUT2D eigenvalue weighted by Crippen LogP contribution is 2.34. The van der Waals surface area contributed by atoms with E-state index >= 15 is 0 Å². The van der Waals surface area contributed by atoms with Gasteiger partial charge in [-0.25, -0.2) is 0 Å². The Labute approximate surface area is 89.7 Å². The average molecular weight is 218 g/mol. The van der Waals surface area contributed by atoms with Crippen LogP contribution >= 0.6 is 12.4 Å². The monoisotopic (exact) mass is 217 g/mol. The summed E-state index contributed by atoms with van der Waals surface area (Å²) < 4.78 is 5.05. The third-order valence-corrected chi connectivity index (χ3v) is 2.71. The maximum absolute atomic E-state index is 6.16. The van der Waals surface area contributed by atoms with Crippen LogP contribution in [0.2, 0.25) is 0 Å². The van der Waals surface area contributed by atoms with Crippen molar-refractivity contribution in [1.29, 1.82) is 0 Å². The van der Waals surface area contributed by atoms with E-state index in [4.69, 9.17) is 10.3 Å². The van der Waals surface area contributed by atoms with Crippen molar-refractivity contribution in [3.05, 3.63) is 11.7 Å². The van der Waals surface area contributed by atoms with E-state index in [2.05, 4.69) is 10.1 Å². The van der Waals surface area contributed by atoms with Crippen LogP contribution in [0.4, 0.5) is 0 Å². The fourth-order valence-electron chi connectivity index (χ4n) is 1.83. The van der Waals surface area contributed by atoms with E-state index in [1.54, 1.807) is 0 Å². The first-order valence-corrected chi connectivity index (χ1v) is 4.86. The number of rotatable bonds is 2. The third kappa shape index (κ3) is 1.91. The lowest BCUT2D eigenvalue weighted by Gasteiger charge is -2.17. The molecule has 0 unspecified atom stereocenters. The minimum absolute atomic E-state index is 0. The first-order valence-electron chi connectivity index (χ1n) is 4.86. The van der Waals surface area contributed by atoms with Gasteiger partial charge in [0.1, 0.15) is 0 Å². The van der Waals surface area contributed by atoms with Crippen molar-refractivity contribution in [2.24, 2.45) is 5.73 Å². The van der Waals surface area contributed by atoms with Gasteiger partial charge in [0.15, 0.2) is 5.82 Å². The van der Waals surface area contributed by atoms with Crippen LogP contribution in [0.1, 0.15) is 44.3 Å². The van der Waals surface area contributed by atoms with Gasteiger partial charge in [0, 0.05) is 6.42 Å². The van der Waals surface area contributed by atoms with Crippen molar-refractivity contribution in [2.45, 2.75) is 44.6 Å². The Balaban J connectivity index is 0.000000980. The van der Waals surface area contributed by atoms with Crippen LogP contribution in [0.15, 0.2) is 4.52 Å². The van der Waals surface area contributed by atoms with Crippen molar-refractivity contribution >= 4 is 12.4 Å². The lowest BCUT2D eigenvalue weighted by molar-refractivity contribution is 0.350. The van der Waals surface area contributed by atoms with Gasteiger partial charge in [-0.05, 0) is 12.8 Å². The molecule has 0 radical (unpaired) electrons. The molecule has 1 aromatic rings. The van der Waals surface area contributed by atoms with Gasteiger partial charge >= 0.3 is 0 Å². The zero-order valence-corrected chi connectivity index (χ0v) is 9.14. The molecule has 0 spiro atoms. The molecule has 1 aliphatic rings. The number of aryl methyl sites for hydroxylation is 1. The maximum Gasteiger partial charge on any atom is 0.226 e. The van der Waals surface area contributed by atoms with Gasteiger partial charge < -0.3 is 10.3 Å². The van der Waals surface area contributed by atoms with Crippen LogP contribution in [0.25, 0.3) is 0 Å². The molecule has 1 aliphatic carbocycles. The smallest absolute Gasteiger partial charge is 0.226 e. The normalized spacial score (nSPS) is 19.3. The highest BCUT2D eigenvalue weighted by atomic mass is 35.5. The van der Waals surface area contributed by atoms with E-state index in [-0.39, 0.29) is 17.9 Å². The summed E-state index contributed by atoms with van der Waals surface area (Å²) in [7, 11) is 0. The second-order valence-corrected chi connectivity index (χ2v) is 3.73. The van der Waals surface area contributed by atoms with Gasteiger partial charge in [-0.1, -0.05) is 24.9 Å². The highest BCUT2D eigenvalue weighted by molar-refractivity contribution is 5.85. The molecule has 14 heavy (non-hydrogen) atoms. The quantitative estimate of drug-likeness (QED) is 0.820. The number of hydrogen-bond donors (Lipinski definition) is 1. The lowest BCUT2D eigenvalue weighted by atomic mass is 9.99. The Morgan fingerprint density at radius 1 is 1.43 bits per heavy atom. The summed E-state index contributed by atoms with van der Waals surface area (Å²) in [5.41, 5.74) is 5.85. The van der Waals surface area contributed by atoms with Crippen molar-refractivity contribution in [3.63, 3.8) is 0 Å². The number of hydrogen-bond acceptors (Lipinski definition) is 4. The molecule has 80 valence electrons. The predicted molar refractivity (Wildman–Crippen MR) is 55.3 cm³/mol. The Morgan fingerprint density at radius 2 is 2.07 bits per heavy atom. The standard InChI is InChI=1S/C9H15N3O.ClH/c1-2-7-11-8(12-13-7)9(10)5-3-4-6-9;/h2-6,10H2,1H3;1H. The fourth-order valence-corrected chi connectivity index (χ4v) is 1.83. The Morgan fingerprint density at radius 3 is 2.57 bits per heavy atom. The van der Waals surface area contributed by atoms with E-state index in [1.165, 1.54) is 12.8 Å². The molecular weight excluding hydrogens is 202 g/mol. The topological polar surface area (TPSA) is 64.9 Å². The SMILES string of the molecule is CCc1nc(C2(N)CCCC2)no1.Cl. The minimum atomic E-state index is -0.309. The zero-order chi connectivity index (χ0) is 9.31. The Hall–Kier alpha value is -0.610. The van der Waals surface area contributed by atoms with Gasteiger partial charge in [0.2, 0.25) is 5.89 Å². The summed E-state index contributed by atoms with van der Waals surface area (Å²) in [5.74, 6) is 1.38. The third-order valence-electron chi connectivity index (χ3n) is 2.71. The average Bonchev–Trinajstić information content (AvgIpc) is 2.72. The second-order valence-electron chi connectivity index (χ2n) is 3.73. The molecule has 2 N–H and O–H groups in total. The van der Waals surface area contributed by atoms with Crippen LogP contribution in [0, 0.1) is 0 Å². The summed E-state index contributed by atoms with van der Waals surface area (Å²) in [5, 5.41) is 3.93. The largest absolute Gasteiger partial charge is 0.339 e. The van der Waals surface area contributed by atoms with Crippen molar-refractivity contribution in [2.75, 3.05) is 0 Å². The van der Waals surface area contributed by atoms with Gasteiger partial charge in [-0.15, -0.1) is 12.4 Å². The number of nitrogens with zero attached hydrogens (tertiary/aromatic N) is 2. The molecular formula is C9H16ClN3O. The van der Waals surface area contributed by atoms with Crippen molar-refractivity contribution in [1.82, 2.24) is 10.1 Å². The summed E-state index contributed by atoms with van der Waals surface area (Å²) in [4.78, 5) is 4.28. The number of nitrogens with two attached hydrogens (primary N) is 1. The van der Waals surface area contributed by atoms with Gasteiger partial charge in [0.25, 0.3) is 0 Å². The van der Waals surface area contributed by atoms with E-state index < -0.39 is 0 Å². The van der Waals surface area contributed by atoms with Gasteiger partial charge in [-0.3, -0.25) is 0 Å². The second kappa shape index (κ2) is 4.28. The van der Waals surface area contributed by atoms with E-state index in [9.17, 15) is 0 Å². The van der Waals surface area contributed by atoms with Crippen LogP contribution < -0.4 is 5.73 Å². The molecule has 0 atom stereocenters. The van der Waals surface area contributed by atoms with Crippen LogP contribution in [-0.2, 0) is 12.0 Å². The zero-order valence-electron chi connectivity index (χ0n) is 8.32. The first kappa shape index (κ1) is 11.5. The van der Waals surface area contributed by atoms with Gasteiger partial charge in [-0.2, -0.15) is 4.98 Å². The molecule has 2 rings (SSSR count).